The summed E-state index contributed by atoms with van der Waals surface area (Å²) in [6.07, 6.45) is 0. The third-order valence-corrected chi connectivity index (χ3v) is 11.5. The molecule has 256 valence electrons. The van der Waals surface area contributed by atoms with Crippen molar-refractivity contribution in [3.8, 4) is 28.7 Å². The van der Waals surface area contributed by atoms with Gasteiger partial charge in [0.05, 0.1) is 22.1 Å². The molecule has 0 spiro atoms. The van der Waals surface area contributed by atoms with Crippen molar-refractivity contribution >= 4 is 83.5 Å². The van der Waals surface area contributed by atoms with Crippen molar-refractivity contribution in [1.29, 1.82) is 0 Å². The van der Waals surface area contributed by atoms with E-state index in [0.717, 1.165) is 89.3 Å². The van der Waals surface area contributed by atoms with Crippen LogP contribution >= 0.6 is 0 Å². The molecule has 10 aromatic rings. The molecule has 3 heterocycles. The van der Waals surface area contributed by atoms with Gasteiger partial charge in [0.2, 0.25) is 0 Å². The molecule has 0 saturated heterocycles. The van der Waals surface area contributed by atoms with Gasteiger partial charge in [0, 0.05) is 44.8 Å². The zero-order chi connectivity index (χ0) is 36.0. The maximum atomic E-state index is 7.21. The molecule has 0 unspecified atom stereocenters. The van der Waals surface area contributed by atoms with Crippen molar-refractivity contribution < 1.29 is 9.47 Å². The van der Waals surface area contributed by atoms with E-state index < -0.39 is 0 Å². The van der Waals surface area contributed by atoms with Gasteiger partial charge < -0.3 is 18.9 Å². The lowest BCUT2D eigenvalue weighted by Crippen LogP contribution is -2.58. The first kappa shape index (κ1) is 30.2. The van der Waals surface area contributed by atoms with Gasteiger partial charge in [0.15, 0.2) is 0 Å². The monoisotopic (exact) mass is 702 g/mol. The summed E-state index contributed by atoms with van der Waals surface area (Å²) in [5, 5.41) is 6.95. The number of anilines is 3. The average Bonchev–Trinajstić information content (AvgIpc) is 3.60. The number of para-hydroxylation sites is 4. The van der Waals surface area contributed by atoms with Crippen molar-refractivity contribution in [2.75, 3.05) is 4.90 Å². The smallest absolute Gasteiger partial charge is 0.262 e. The molecule has 0 amide bonds. The Morgan fingerprint density at radius 3 is 1.65 bits per heavy atom. The number of benzene rings is 9. The molecule has 9 aromatic carbocycles. The second kappa shape index (κ2) is 11.6. The Morgan fingerprint density at radius 2 is 0.964 bits per heavy atom. The summed E-state index contributed by atoms with van der Waals surface area (Å²) in [6, 6.07) is 66.8. The predicted molar refractivity (Wildman–Crippen MR) is 228 cm³/mol. The van der Waals surface area contributed by atoms with Gasteiger partial charge >= 0.3 is 0 Å². The Bertz CT molecular complexity index is 3120. The van der Waals surface area contributed by atoms with E-state index in [1.807, 2.05) is 0 Å². The van der Waals surface area contributed by atoms with Crippen LogP contribution in [-0.4, -0.2) is 11.3 Å². The van der Waals surface area contributed by atoms with E-state index in [-0.39, 0.29) is 6.71 Å². The average molecular weight is 703 g/mol. The number of hydrogen-bond acceptors (Lipinski definition) is 3. The van der Waals surface area contributed by atoms with Gasteiger partial charge in [0.25, 0.3) is 6.71 Å². The molecule has 0 aliphatic carbocycles. The van der Waals surface area contributed by atoms with Crippen LogP contribution in [0.5, 0.6) is 23.0 Å². The van der Waals surface area contributed by atoms with Crippen LogP contribution in [0.3, 0.4) is 0 Å². The maximum Gasteiger partial charge on any atom is 0.262 e. The Hall–Kier alpha value is -7.24. The van der Waals surface area contributed by atoms with Crippen molar-refractivity contribution in [2.45, 2.75) is 0 Å². The number of nitrogens with zero attached hydrogens (tertiary/aromatic N) is 2. The van der Waals surface area contributed by atoms with Gasteiger partial charge in [-0.2, -0.15) is 0 Å². The third-order valence-electron chi connectivity index (χ3n) is 11.5. The second-order valence-electron chi connectivity index (χ2n) is 14.4. The van der Waals surface area contributed by atoms with Gasteiger partial charge in [-0.3, -0.25) is 0 Å². The highest BCUT2D eigenvalue weighted by Crippen LogP contribution is 2.48. The number of hydrogen-bond donors (Lipinski definition) is 0. The van der Waals surface area contributed by atoms with Crippen molar-refractivity contribution in [1.82, 2.24) is 4.57 Å². The molecule has 1 aromatic heterocycles. The highest BCUT2D eigenvalue weighted by Gasteiger charge is 2.44. The van der Waals surface area contributed by atoms with Crippen LogP contribution in [-0.2, 0) is 0 Å². The molecule has 0 saturated carbocycles. The van der Waals surface area contributed by atoms with Crippen LogP contribution in [0, 0.1) is 0 Å². The summed E-state index contributed by atoms with van der Waals surface area (Å²) < 4.78 is 16.6. The summed E-state index contributed by atoms with van der Waals surface area (Å²) in [4.78, 5) is 2.34. The first-order valence-corrected chi connectivity index (χ1v) is 18.8. The van der Waals surface area contributed by atoms with Crippen LogP contribution in [0.1, 0.15) is 0 Å². The molecule has 5 heteroatoms. The Labute approximate surface area is 318 Å². The highest BCUT2D eigenvalue weighted by atomic mass is 16.5. The van der Waals surface area contributed by atoms with E-state index in [1.54, 1.807) is 0 Å². The zero-order valence-corrected chi connectivity index (χ0v) is 29.7. The first-order valence-electron chi connectivity index (χ1n) is 18.8. The normalized spacial score (nSPS) is 12.6. The van der Waals surface area contributed by atoms with E-state index in [4.69, 9.17) is 9.47 Å². The molecule has 0 radical (unpaired) electrons. The van der Waals surface area contributed by atoms with Crippen LogP contribution < -0.4 is 30.8 Å². The largest absolute Gasteiger partial charge is 0.458 e. The SMILES string of the molecule is c1ccc(N(c2ccccc2)c2cc3c(c4ccccc24)B2c4c(cccc4Oc4c2c2ccccc2c2c4c4ccccc4n2-c2ccccc2)O3)cc1. The quantitative estimate of drug-likeness (QED) is 0.171. The molecular weight excluding hydrogens is 671 g/mol. The van der Waals surface area contributed by atoms with Gasteiger partial charge in [-0.1, -0.05) is 127 Å². The number of rotatable bonds is 4. The summed E-state index contributed by atoms with van der Waals surface area (Å²) in [5.74, 6) is 3.41. The zero-order valence-electron chi connectivity index (χ0n) is 29.7. The standard InChI is InChI=1S/C50H31BN2O2/c1-4-17-32(18-5-1)52(33-19-6-2-7-20-33)41-31-44-46(36-24-11-10-23-35(36)41)51-47-37-25-12-13-26-38(37)49-45(50(47)55-43-30-16-29-42(54-44)48(43)51)39-27-14-15-28-40(39)53(49)34-21-8-3-9-22-34/h1-31H. The van der Waals surface area contributed by atoms with E-state index >= 15 is 0 Å². The lowest BCUT2D eigenvalue weighted by Gasteiger charge is -2.36. The minimum atomic E-state index is -0.146. The van der Waals surface area contributed by atoms with E-state index in [2.05, 4.69) is 198 Å². The molecule has 0 atom stereocenters. The molecule has 55 heavy (non-hydrogen) atoms. The number of aromatic nitrogens is 1. The minimum Gasteiger partial charge on any atom is -0.458 e. The fourth-order valence-electron chi connectivity index (χ4n) is 9.29. The fourth-order valence-corrected chi connectivity index (χ4v) is 9.29. The summed E-state index contributed by atoms with van der Waals surface area (Å²) >= 11 is 0. The molecular formula is C50H31BN2O2. The highest BCUT2D eigenvalue weighted by molar-refractivity contribution is 7.01. The molecule has 0 bridgehead atoms. The van der Waals surface area contributed by atoms with Gasteiger partial charge in [-0.05, 0) is 76.3 Å². The lowest BCUT2D eigenvalue weighted by molar-refractivity contribution is 0.468. The molecule has 2 aliphatic rings. The van der Waals surface area contributed by atoms with E-state index in [0.29, 0.717) is 0 Å². The summed E-state index contributed by atoms with van der Waals surface area (Å²) in [5.41, 5.74) is 10.0. The topological polar surface area (TPSA) is 26.6 Å². The van der Waals surface area contributed by atoms with Crippen LogP contribution in [0.2, 0.25) is 0 Å². The maximum absolute atomic E-state index is 7.21. The van der Waals surface area contributed by atoms with Gasteiger partial charge in [-0.15, -0.1) is 0 Å². The van der Waals surface area contributed by atoms with E-state index in [1.165, 1.54) is 16.2 Å². The molecule has 0 N–H and O–H groups in total. The molecule has 2 aliphatic heterocycles. The lowest BCUT2D eigenvalue weighted by atomic mass is 9.33. The predicted octanol–water partition coefficient (Wildman–Crippen LogP) is 11.3. The van der Waals surface area contributed by atoms with Crippen LogP contribution in [0.15, 0.2) is 188 Å². The first-order chi connectivity index (χ1) is 27.3. The molecule has 0 fully saturated rings. The van der Waals surface area contributed by atoms with Crippen molar-refractivity contribution in [3.05, 3.63) is 188 Å². The van der Waals surface area contributed by atoms with Crippen LogP contribution in [0.4, 0.5) is 17.1 Å². The Kier molecular flexibility index (Phi) is 6.40. The summed E-state index contributed by atoms with van der Waals surface area (Å²) in [7, 11) is 0. The number of ether oxygens (including phenoxy) is 2. The molecule has 12 rings (SSSR count). The van der Waals surface area contributed by atoms with Crippen molar-refractivity contribution in [3.63, 3.8) is 0 Å². The van der Waals surface area contributed by atoms with Gasteiger partial charge in [-0.25, -0.2) is 0 Å². The van der Waals surface area contributed by atoms with Gasteiger partial charge in [0.1, 0.15) is 23.0 Å². The summed E-state index contributed by atoms with van der Waals surface area (Å²) in [6.45, 7) is -0.146. The second-order valence-corrected chi connectivity index (χ2v) is 14.4. The fraction of sp³-hybridized carbons (Fsp3) is 0. The van der Waals surface area contributed by atoms with E-state index in [9.17, 15) is 0 Å². The van der Waals surface area contributed by atoms with Crippen molar-refractivity contribution in [2.24, 2.45) is 0 Å². The Morgan fingerprint density at radius 1 is 0.418 bits per heavy atom. The molecule has 4 nitrogen and oxygen atoms in total. The number of fused-ring (bicyclic) bond motifs is 13. The minimum absolute atomic E-state index is 0.146. The van der Waals surface area contributed by atoms with Crippen LogP contribution in [0.25, 0.3) is 49.0 Å². The Balaban J connectivity index is 1.21. The third kappa shape index (κ3) is 4.29.